The molecule has 7 nitrogen and oxygen atoms in total. The molecule has 38 heavy (non-hydrogen) atoms. The average Bonchev–Trinajstić information content (AvgIpc) is 2.86. The Morgan fingerprint density at radius 1 is 1.03 bits per heavy atom. The zero-order chi connectivity index (χ0) is 27.9. The lowest BCUT2D eigenvalue weighted by atomic mass is 10.0. The minimum Gasteiger partial charge on any atom is -0.355 e. The maximum atomic E-state index is 13.9. The number of hydrogen-bond donors (Lipinski definition) is 1. The zero-order valence-electron chi connectivity index (χ0n) is 20.9. The molecule has 0 aliphatic carbocycles. The van der Waals surface area contributed by atoms with Gasteiger partial charge in [0.25, 0.3) is 0 Å². The van der Waals surface area contributed by atoms with Gasteiger partial charge in [-0.3, -0.25) is 13.9 Å². The summed E-state index contributed by atoms with van der Waals surface area (Å²) < 4.78 is 40.9. The number of amides is 2. The molecule has 0 saturated heterocycles. The number of carbonyl (C=O) groups excluding carboxylic acids is 2. The van der Waals surface area contributed by atoms with Crippen LogP contribution in [0.2, 0.25) is 5.02 Å². The second kappa shape index (κ2) is 13.2. The Morgan fingerprint density at radius 3 is 2.32 bits per heavy atom. The number of carbonyl (C=O) groups is 2. The molecule has 11 heteroatoms. The van der Waals surface area contributed by atoms with Crippen molar-refractivity contribution in [1.29, 1.82) is 0 Å². The number of sulfonamides is 1. The number of likely N-dealkylation sites (N-methyl/N-ethyl adjacent to an activating group) is 1. The molecule has 0 aliphatic rings. The van der Waals surface area contributed by atoms with Crippen LogP contribution < -0.4 is 9.62 Å². The first kappa shape index (κ1) is 29.6. The average molecular weight is 625 g/mol. The Morgan fingerprint density at radius 2 is 1.71 bits per heavy atom. The van der Waals surface area contributed by atoms with Gasteiger partial charge >= 0.3 is 0 Å². The molecule has 0 bridgehead atoms. The molecule has 1 N–H and O–H groups in total. The summed E-state index contributed by atoms with van der Waals surface area (Å²) in [5, 5.41) is 2.52. The monoisotopic (exact) mass is 623 g/mol. The van der Waals surface area contributed by atoms with Gasteiger partial charge in [-0.25, -0.2) is 12.8 Å². The first-order chi connectivity index (χ1) is 18.0. The van der Waals surface area contributed by atoms with Crippen LogP contribution in [0.25, 0.3) is 0 Å². The van der Waals surface area contributed by atoms with E-state index in [4.69, 9.17) is 11.6 Å². The fourth-order valence-corrected chi connectivity index (χ4v) is 5.39. The largest absolute Gasteiger partial charge is 0.355 e. The molecule has 3 rings (SSSR count). The number of nitrogens with one attached hydrogen (secondary N) is 1. The van der Waals surface area contributed by atoms with Crippen LogP contribution in [0.3, 0.4) is 0 Å². The van der Waals surface area contributed by atoms with Gasteiger partial charge in [0, 0.05) is 24.0 Å². The van der Waals surface area contributed by atoms with Gasteiger partial charge in [0.05, 0.1) is 17.0 Å². The zero-order valence-corrected chi connectivity index (χ0v) is 24.1. The molecule has 0 unspecified atom stereocenters. The molecule has 1 atom stereocenters. The van der Waals surface area contributed by atoms with Crippen molar-refractivity contribution in [3.63, 3.8) is 0 Å². The third kappa shape index (κ3) is 8.02. The summed E-state index contributed by atoms with van der Waals surface area (Å²) in [6.45, 7) is 1.57. The van der Waals surface area contributed by atoms with Crippen molar-refractivity contribution in [3.05, 3.63) is 99.2 Å². The second-order valence-electron chi connectivity index (χ2n) is 8.62. The number of anilines is 1. The first-order valence-electron chi connectivity index (χ1n) is 11.8. The minimum atomic E-state index is -3.97. The molecule has 202 valence electrons. The molecule has 3 aromatic carbocycles. The van der Waals surface area contributed by atoms with Gasteiger partial charge in [-0.2, -0.15) is 0 Å². The van der Waals surface area contributed by atoms with Gasteiger partial charge in [0.2, 0.25) is 21.8 Å². The summed E-state index contributed by atoms with van der Waals surface area (Å²) in [4.78, 5) is 28.5. The van der Waals surface area contributed by atoms with Crippen LogP contribution in [-0.4, -0.2) is 50.5 Å². The molecule has 0 radical (unpaired) electrons. The van der Waals surface area contributed by atoms with Gasteiger partial charge in [-0.05, 0) is 48.4 Å². The number of rotatable bonds is 11. The molecular formula is C27H28BrClFN3O4S. The predicted molar refractivity (Wildman–Crippen MR) is 151 cm³/mol. The third-order valence-electron chi connectivity index (χ3n) is 5.73. The van der Waals surface area contributed by atoms with Gasteiger partial charge in [-0.15, -0.1) is 0 Å². The molecule has 0 heterocycles. The highest BCUT2D eigenvalue weighted by Gasteiger charge is 2.33. The van der Waals surface area contributed by atoms with E-state index in [1.54, 1.807) is 6.92 Å². The maximum Gasteiger partial charge on any atom is 0.244 e. The standard InChI is InChI=1S/C27H28BrClFN3O4S/c1-3-31-27(35)25(15-19-8-5-4-6-9-19)32(17-20-10-7-11-21(28)14-20)26(34)18-33(38(2,36)37)22-12-13-24(30)23(29)16-22/h4-14,16,25H,3,15,17-18H2,1-2H3,(H,31,35)/t25-/m0/s1. The van der Waals surface area contributed by atoms with E-state index in [1.165, 1.54) is 11.0 Å². The van der Waals surface area contributed by atoms with Crippen molar-refractivity contribution >= 4 is 55.1 Å². The summed E-state index contributed by atoms with van der Waals surface area (Å²) in [7, 11) is -3.97. The van der Waals surface area contributed by atoms with E-state index in [-0.39, 0.29) is 29.6 Å². The lowest BCUT2D eigenvalue weighted by molar-refractivity contribution is -0.140. The number of nitrogens with zero attached hydrogens (tertiary/aromatic N) is 2. The second-order valence-corrected chi connectivity index (χ2v) is 11.8. The first-order valence-corrected chi connectivity index (χ1v) is 14.8. The summed E-state index contributed by atoms with van der Waals surface area (Å²) in [5.74, 6) is -1.69. The highest BCUT2D eigenvalue weighted by atomic mass is 79.9. The molecule has 0 spiro atoms. The summed E-state index contributed by atoms with van der Waals surface area (Å²) in [5.41, 5.74) is 1.61. The maximum absolute atomic E-state index is 13.9. The Kier molecular flexibility index (Phi) is 10.3. The van der Waals surface area contributed by atoms with E-state index >= 15 is 0 Å². The van der Waals surface area contributed by atoms with E-state index in [9.17, 15) is 22.4 Å². The van der Waals surface area contributed by atoms with Crippen LogP contribution in [0, 0.1) is 5.82 Å². The van der Waals surface area contributed by atoms with E-state index in [0.29, 0.717) is 6.54 Å². The Hall–Kier alpha value is -2.95. The molecule has 0 aliphatic heterocycles. The third-order valence-corrected chi connectivity index (χ3v) is 7.66. The topological polar surface area (TPSA) is 86.8 Å². The highest BCUT2D eigenvalue weighted by Crippen LogP contribution is 2.25. The number of halogens is 3. The van der Waals surface area contributed by atoms with Crippen LogP contribution in [-0.2, 0) is 32.6 Å². The van der Waals surface area contributed by atoms with Crippen LogP contribution in [0.4, 0.5) is 10.1 Å². The minimum absolute atomic E-state index is 0.0345. The Balaban J connectivity index is 2.05. The quantitative estimate of drug-likeness (QED) is 0.333. The molecule has 0 saturated carbocycles. The van der Waals surface area contributed by atoms with Crippen molar-refractivity contribution < 1.29 is 22.4 Å². The van der Waals surface area contributed by atoms with Crippen LogP contribution in [0.5, 0.6) is 0 Å². The number of hydrogen-bond acceptors (Lipinski definition) is 4. The SMILES string of the molecule is CCNC(=O)[C@H](Cc1ccccc1)N(Cc1cccc(Br)c1)C(=O)CN(c1ccc(F)c(Cl)c1)S(C)(=O)=O. The normalized spacial score (nSPS) is 12.0. The number of benzene rings is 3. The van der Waals surface area contributed by atoms with Crippen molar-refractivity contribution in [1.82, 2.24) is 10.2 Å². The van der Waals surface area contributed by atoms with Crippen molar-refractivity contribution in [2.75, 3.05) is 23.7 Å². The Labute approximate surface area is 235 Å². The molecule has 0 aromatic heterocycles. The van der Waals surface area contributed by atoms with Crippen molar-refractivity contribution in [2.45, 2.75) is 25.9 Å². The van der Waals surface area contributed by atoms with Crippen molar-refractivity contribution in [3.8, 4) is 0 Å². The van der Waals surface area contributed by atoms with Crippen LogP contribution in [0.15, 0.2) is 77.3 Å². The molecule has 3 aromatic rings. The van der Waals surface area contributed by atoms with E-state index in [0.717, 1.165) is 38.3 Å². The van der Waals surface area contributed by atoms with E-state index in [1.807, 2.05) is 54.6 Å². The fraction of sp³-hybridized carbons (Fsp3) is 0.259. The van der Waals surface area contributed by atoms with Gasteiger partial charge in [0.15, 0.2) is 0 Å². The lowest BCUT2D eigenvalue weighted by Gasteiger charge is -2.33. The molecular weight excluding hydrogens is 597 g/mol. The van der Waals surface area contributed by atoms with Crippen LogP contribution in [0.1, 0.15) is 18.1 Å². The highest BCUT2D eigenvalue weighted by molar-refractivity contribution is 9.10. The summed E-state index contributed by atoms with van der Waals surface area (Å²) in [6.07, 6.45) is 1.16. The predicted octanol–water partition coefficient (Wildman–Crippen LogP) is 4.78. The Bertz CT molecular complexity index is 1390. The van der Waals surface area contributed by atoms with Gasteiger partial charge in [-0.1, -0.05) is 70.0 Å². The molecule has 0 fully saturated rings. The van der Waals surface area contributed by atoms with Gasteiger partial charge in [0.1, 0.15) is 18.4 Å². The van der Waals surface area contributed by atoms with Gasteiger partial charge < -0.3 is 10.2 Å². The summed E-state index contributed by atoms with van der Waals surface area (Å²) >= 11 is 9.33. The lowest BCUT2D eigenvalue weighted by Crippen LogP contribution is -2.53. The fourth-order valence-electron chi connectivity index (χ4n) is 3.93. The van der Waals surface area contributed by atoms with E-state index < -0.39 is 34.3 Å². The summed E-state index contributed by atoms with van der Waals surface area (Å²) in [6, 6.07) is 19.0. The molecule has 2 amide bonds. The van der Waals surface area contributed by atoms with E-state index in [2.05, 4.69) is 21.2 Å². The van der Waals surface area contributed by atoms with Crippen molar-refractivity contribution in [2.24, 2.45) is 0 Å². The smallest absolute Gasteiger partial charge is 0.244 e. The van der Waals surface area contributed by atoms with Crippen LogP contribution >= 0.6 is 27.5 Å².